The number of aryl methyl sites for hydroxylation is 3. The van der Waals surface area contributed by atoms with E-state index < -0.39 is 6.10 Å². The Kier molecular flexibility index (Phi) is 8.18. The maximum atomic E-state index is 12.4. The van der Waals surface area contributed by atoms with Crippen LogP contribution in [0.5, 0.6) is 11.5 Å². The number of amides is 1. The molecule has 1 atom stereocenters. The minimum atomic E-state index is -0.500. The summed E-state index contributed by atoms with van der Waals surface area (Å²) in [5.41, 5.74) is 3.67. The summed E-state index contributed by atoms with van der Waals surface area (Å²) in [4.78, 5) is 12.4. The first-order valence-electron chi connectivity index (χ1n) is 9.76. The summed E-state index contributed by atoms with van der Waals surface area (Å²) in [5.74, 6) is 1.43. The fourth-order valence-corrected chi connectivity index (χ4v) is 2.77. The first-order chi connectivity index (χ1) is 13.0. The second kappa shape index (κ2) is 10.6. The van der Waals surface area contributed by atoms with Gasteiger partial charge in [-0.05, 0) is 67.6 Å². The van der Waals surface area contributed by atoms with Gasteiger partial charge in [-0.1, -0.05) is 38.5 Å². The fourth-order valence-electron chi connectivity index (χ4n) is 2.77. The van der Waals surface area contributed by atoms with Gasteiger partial charge in [0.1, 0.15) is 18.1 Å². The highest BCUT2D eigenvalue weighted by Crippen LogP contribution is 2.18. The lowest BCUT2D eigenvalue weighted by Gasteiger charge is -2.18. The number of carbonyl (C=O) groups excluding carboxylic acids is 1. The molecule has 0 aliphatic carbocycles. The van der Waals surface area contributed by atoms with Crippen LogP contribution in [0.4, 0.5) is 0 Å². The molecule has 4 nitrogen and oxygen atoms in total. The van der Waals surface area contributed by atoms with Crippen molar-refractivity contribution in [2.24, 2.45) is 0 Å². The molecule has 1 N–H and O–H groups in total. The van der Waals surface area contributed by atoms with Gasteiger partial charge in [-0.2, -0.15) is 0 Å². The standard InChI is InChI=1S/C23H31NO3/c1-5-7-19-9-12-20(13-10-19)26-15-14-24-23(25)22(6-2)27-21-11-8-17(3)18(4)16-21/h8-13,16,22H,5-7,14-15H2,1-4H3,(H,24,25)/t22-/m0/s1. The molecule has 2 aromatic rings. The Morgan fingerprint density at radius 2 is 1.70 bits per heavy atom. The molecule has 0 bridgehead atoms. The average Bonchev–Trinajstić information content (AvgIpc) is 2.67. The predicted octanol–water partition coefficient (Wildman–Crippen LogP) is 4.61. The molecule has 2 rings (SSSR count). The molecule has 0 saturated carbocycles. The molecule has 0 radical (unpaired) electrons. The second-order valence-corrected chi connectivity index (χ2v) is 6.79. The van der Waals surface area contributed by atoms with E-state index in [0.29, 0.717) is 19.6 Å². The molecule has 0 aliphatic rings. The van der Waals surface area contributed by atoms with E-state index in [1.54, 1.807) is 0 Å². The average molecular weight is 370 g/mol. The number of carbonyl (C=O) groups is 1. The van der Waals surface area contributed by atoms with E-state index in [2.05, 4.69) is 31.3 Å². The van der Waals surface area contributed by atoms with Gasteiger partial charge in [-0.3, -0.25) is 4.79 Å². The number of rotatable bonds is 10. The summed E-state index contributed by atoms with van der Waals surface area (Å²) in [6, 6.07) is 14.0. The minimum absolute atomic E-state index is 0.113. The second-order valence-electron chi connectivity index (χ2n) is 6.79. The van der Waals surface area contributed by atoms with Crippen molar-refractivity contribution >= 4 is 5.91 Å². The smallest absolute Gasteiger partial charge is 0.261 e. The third-order valence-electron chi connectivity index (χ3n) is 4.55. The van der Waals surface area contributed by atoms with Crippen molar-refractivity contribution in [1.29, 1.82) is 0 Å². The largest absolute Gasteiger partial charge is 0.492 e. The topological polar surface area (TPSA) is 47.6 Å². The van der Waals surface area contributed by atoms with E-state index in [1.807, 2.05) is 44.2 Å². The van der Waals surface area contributed by atoms with Gasteiger partial charge in [-0.25, -0.2) is 0 Å². The highest BCUT2D eigenvalue weighted by Gasteiger charge is 2.18. The fraction of sp³-hybridized carbons (Fsp3) is 0.435. The van der Waals surface area contributed by atoms with Crippen LogP contribution in [0, 0.1) is 13.8 Å². The lowest BCUT2D eigenvalue weighted by atomic mass is 10.1. The molecule has 0 unspecified atom stereocenters. The highest BCUT2D eigenvalue weighted by molar-refractivity contribution is 5.81. The quantitative estimate of drug-likeness (QED) is 0.622. The molecule has 1 amide bonds. The van der Waals surface area contributed by atoms with Gasteiger partial charge < -0.3 is 14.8 Å². The Hall–Kier alpha value is -2.49. The zero-order chi connectivity index (χ0) is 19.6. The van der Waals surface area contributed by atoms with Crippen LogP contribution >= 0.6 is 0 Å². The van der Waals surface area contributed by atoms with Crippen molar-refractivity contribution in [3.8, 4) is 11.5 Å². The lowest BCUT2D eigenvalue weighted by molar-refractivity contribution is -0.128. The molecule has 0 saturated heterocycles. The van der Waals surface area contributed by atoms with Gasteiger partial charge in [0, 0.05) is 0 Å². The predicted molar refractivity (Wildman–Crippen MR) is 110 cm³/mol. The summed E-state index contributed by atoms with van der Waals surface area (Å²) >= 11 is 0. The molecule has 146 valence electrons. The molecule has 0 aliphatic heterocycles. The van der Waals surface area contributed by atoms with Crippen LogP contribution in [0.2, 0.25) is 0 Å². The maximum absolute atomic E-state index is 12.4. The SMILES string of the molecule is CCCc1ccc(OCCNC(=O)[C@H](CC)Oc2ccc(C)c(C)c2)cc1. The third kappa shape index (κ3) is 6.63. The molecular weight excluding hydrogens is 338 g/mol. The highest BCUT2D eigenvalue weighted by atomic mass is 16.5. The van der Waals surface area contributed by atoms with Crippen LogP contribution in [0.3, 0.4) is 0 Å². The summed E-state index contributed by atoms with van der Waals surface area (Å²) < 4.78 is 11.6. The molecular formula is C23H31NO3. The van der Waals surface area contributed by atoms with Crippen molar-refractivity contribution < 1.29 is 14.3 Å². The molecule has 0 spiro atoms. The number of nitrogens with one attached hydrogen (secondary N) is 1. The maximum Gasteiger partial charge on any atom is 0.261 e. The van der Waals surface area contributed by atoms with Crippen LogP contribution in [0.1, 0.15) is 43.4 Å². The summed E-state index contributed by atoms with van der Waals surface area (Å²) in [6.45, 7) is 9.08. The molecule has 4 heteroatoms. The zero-order valence-electron chi connectivity index (χ0n) is 16.9. The minimum Gasteiger partial charge on any atom is -0.492 e. The van der Waals surface area contributed by atoms with Crippen molar-refractivity contribution in [2.75, 3.05) is 13.2 Å². The Morgan fingerprint density at radius 1 is 1.00 bits per heavy atom. The van der Waals surface area contributed by atoms with E-state index in [9.17, 15) is 4.79 Å². The summed E-state index contributed by atoms with van der Waals surface area (Å²) in [7, 11) is 0. The summed E-state index contributed by atoms with van der Waals surface area (Å²) in [6.07, 6.45) is 2.32. The van der Waals surface area contributed by atoms with Crippen molar-refractivity contribution in [1.82, 2.24) is 5.32 Å². The van der Waals surface area contributed by atoms with Gasteiger partial charge in [0.05, 0.1) is 6.54 Å². The van der Waals surface area contributed by atoms with Crippen LogP contribution in [-0.4, -0.2) is 25.2 Å². The number of hydrogen-bond acceptors (Lipinski definition) is 3. The van der Waals surface area contributed by atoms with E-state index in [4.69, 9.17) is 9.47 Å². The lowest BCUT2D eigenvalue weighted by Crippen LogP contribution is -2.39. The van der Waals surface area contributed by atoms with Gasteiger partial charge in [0.15, 0.2) is 6.10 Å². The Labute approximate surface area is 162 Å². The molecule has 0 heterocycles. The molecule has 27 heavy (non-hydrogen) atoms. The van der Waals surface area contributed by atoms with E-state index in [-0.39, 0.29) is 5.91 Å². The first-order valence-corrected chi connectivity index (χ1v) is 9.76. The van der Waals surface area contributed by atoms with Crippen molar-refractivity contribution in [3.05, 3.63) is 59.2 Å². The molecule has 2 aromatic carbocycles. The number of benzene rings is 2. The van der Waals surface area contributed by atoms with Gasteiger partial charge in [0.25, 0.3) is 5.91 Å². The van der Waals surface area contributed by atoms with E-state index in [0.717, 1.165) is 29.9 Å². The van der Waals surface area contributed by atoms with Gasteiger partial charge >= 0.3 is 0 Å². The van der Waals surface area contributed by atoms with Gasteiger partial charge in [0.2, 0.25) is 0 Å². The third-order valence-corrected chi connectivity index (χ3v) is 4.55. The van der Waals surface area contributed by atoms with E-state index >= 15 is 0 Å². The Balaban J connectivity index is 1.76. The summed E-state index contributed by atoms with van der Waals surface area (Å²) in [5, 5.41) is 2.89. The normalized spacial score (nSPS) is 11.7. The number of hydrogen-bond donors (Lipinski definition) is 1. The van der Waals surface area contributed by atoms with Crippen LogP contribution in [-0.2, 0) is 11.2 Å². The number of ether oxygens (including phenoxy) is 2. The van der Waals surface area contributed by atoms with Crippen LogP contribution in [0.15, 0.2) is 42.5 Å². The molecule has 0 aromatic heterocycles. The Bertz CT molecular complexity index is 725. The van der Waals surface area contributed by atoms with Crippen molar-refractivity contribution in [3.63, 3.8) is 0 Å². The Morgan fingerprint density at radius 3 is 2.33 bits per heavy atom. The van der Waals surface area contributed by atoms with Crippen molar-refractivity contribution in [2.45, 2.75) is 53.1 Å². The van der Waals surface area contributed by atoms with Crippen LogP contribution in [0.25, 0.3) is 0 Å². The van der Waals surface area contributed by atoms with E-state index in [1.165, 1.54) is 11.1 Å². The van der Waals surface area contributed by atoms with Gasteiger partial charge in [-0.15, -0.1) is 0 Å². The molecule has 0 fully saturated rings. The first kappa shape index (κ1) is 20.8. The van der Waals surface area contributed by atoms with Crippen LogP contribution < -0.4 is 14.8 Å². The monoisotopic (exact) mass is 369 g/mol. The zero-order valence-corrected chi connectivity index (χ0v) is 16.9.